The van der Waals surface area contributed by atoms with Gasteiger partial charge in [0.1, 0.15) is 0 Å². The van der Waals surface area contributed by atoms with Crippen molar-refractivity contribution in [2.45, 2.75) is 51.1 Å². The molecule has 1 saturated heterocycles. The molecule has 208 valence electrons. The van der Waals surface area contributed by atoms with Crippen molar-refractivity contribution in [3.8, 4) is 0 Å². The van der Waals surface area contributed by atoms with E-state index in [1.54, 1.807) is 43.3 Å². The number of imide groups is 1. The first-order valence-corrected chi connectivity index (χ1v) is 12.3. The summed E-state index contributed by atoms with van der Waals surface area (Å²) in [7, 11) is 0. The Morgan fingerprint density at radius 1 is 0.846 bits per heavy atom. The second-order valence-corrected chi connectivity index (χ2v) is 9.79. The maximum absolute atomic E-state index is 13.4. The van der Waals surface area contributed by atoms with Gasteiger partial charge in [-0.25, -0.2) is 9.89 Å². The molecule has 2 aromatic rings. The number of amides is 3. The number of benzodiazepines with no additional fused rings is 1. The van der Waals surface area contributed by atoms with E-state index in [1.165, 1.54) is 6.07 Å². The molecule has 2 aliphatic heterocycles. The van der Waals surface area contributed by atoms with E-state index in [0.29, 0.717) is 21.6 Å². The normalized spacial score (nSPS) is 21.9. The highest BCUT2D eigenvalue weighted by molar-refractivity contribution is 6.36. The molecular weight excluding hydrogens is 552 g/mol. The summed E-state index contributed by atoms with van der Waals surface area (Å²) < 4.78 is 77.9. The fourth-order valence-electron chi connectivity index (χ4n) is 4.85. The lowest BCUT2D eigenvalue weighted by Gasteiger charge is -2.22. The molecule has 0 unspecified atom stereocenters. The molecule has 2 aliphatic rings. The molecule has 3 atom stereocenters. The number of aryl methyl sites for hydroxylation is 1. The SMILES string of the molecule is Cc1ccccc1C1=N[C@@H](N2C(=O)[C@@H](CCC(F)(F)F)[C@@H](CCC(F)(F)F)C2=O)C(=O)Nc2c(Cl)cccc21. The highest BCUT2D eigenvalue weighted by Crippen LogP contribution is 2.40. The largest absolute Gasteiger partial charge is 0.389 e. The third-order valence-electron chi connectivity index (χ3n) is 6.72. The number of carbonyl (C=O) groups is 3. The zero-order valence-corrected chi connectivity index (χ0v) is 21.1. The molecule has 0 aliphatic carbocycles. The van der Waals surface area contributed by atoms with Gasteiger partial charge >= 0.3 is 12.4 Å². The number of halogens is 7. The Balaban J connectivity index is 1.81. The second kappa shape index (κ2) is 10.6. The number of alkyl halides is 6. The molecule has 2 aromatic carbocycles. The number of nitrogens with one attached hydrogen (secondary N) is 1. The summed E-state index contributed by atoms with van der Waals surface area (Å²) in [4.78, 5) is 44.9. The molecule has 4 rings (SSSR count). The fraction of sp³-hybridized carbons (Fsp3) is 0.385. The Kier molecular flexibility index (Phi) is 7.79. The number of likely N-dealkylation sites (tertiary alicyclic amines) is 1. The van der Waals surface area contributed by atoms with Crippen LogP contribution in [0.15, 0.2) is 47.5 Å². The van der Waals surface area contributed by atoms with Gasteiger partial charge in [0.2, 0.25) is 18.0 Å². The summed E-state index contributed by atoms with van der Waals surface area (Å²) in [6.45, 7) is 1.75. The van der Waals surface area contributed by atoms with Crippen molar-refractivity contribution in [2.24, 2.45) is 16.8 Å². The highest BCUT2D eigenvalue weighted by atomic mass is 35.5. The van der Waals surface area contributed by atoms with Crippen molar-refractivity contribution in [3.63, 3.8) is 0 Å². The van der Waals surface area contributed by atoms with Gasteiger partial charge in [0.05, 0.1) is 28.3 Å². The number of anilines is 1. The van der Waals surface area contributed by atoms with Crippen LogP contribution in [0.4, 0.5) is 32.0 Å². The number of aliphatic imine (C=N–C) groups is 1. The number of para-hydroxylation sites is 1. The topological polar surface area (TPSA) is 78.8 Å². The molecule has 1 N–H and O–H groups in total. The van der Waals surface area contributed by atoms with Crippen molar-refractivity contribution >= 4 is 40.7 Å². The standard InChI is InChI=1S/C26H22ClF6N3O3/c1-13-5-2-3-6-14(13)19-17-7-4-8-18(27)20(17)35-22(37)21(34-19)36-23(38)15(9-11-25(28,29)30)16(24(36)39)10-12-26(31,32)33/h2-8,15-16,21H,9-12H2,1H3,(H,35,37)/t15-,16+,21-/m0/s1. The van der Waals surface area contributed by atoms with E-state index < -0.39 is 73.8 Å². The molecule has 0 spiro atoms. The van der Waals surface area contributed by atoms with Crippen LogP contribution in [0.1, 0.15) is 42.4 Å². The molecule has 39 heavy (non-hydrogen) atoms. The predicted molar refractivity (Wildman–Crippen MR) is 130 cm³/mol. The highest BCUT2D eigenvalue weighted by Gasteiger charge is 2.53. The van der Waals surface area contributed by atoms with Crippen LogP contribution in [-0.2, 0) is 14.4 Å². The van der Waals surface area contributed by atoms with Gasteiger partial charge in [0.15, 0.2) is 0 Å². The molecule has 6 nitrogen and oxygen atoms in total. The monoisotopic (exact) mass is 573 g/mol. The molecule has 0 radical (unpaired) electrons. The Bertz CT molecular complexity index is 1300. The van der Waals surface area contributed by atoms with Crippen molar-refractivity contribution in [1.29, 1.82) is 0 Å². The van der Waals surface area contributed by atoms with Crippen LogP contribution >= 0.6 is 11.6 Å². The summed E-state index contributed by atoms with van der Waals surface area (Å²) in [6, 6.07) is 11.6. The number of fused-ring (bicyclic) bond motifs is 1. The third-order valence-corrected chi connectivity index (χ3v) is 7.04. The Morgan fingerprint density at radius 2 is 1.38 bits per heavy atom. The Labute approximate surface area is 224 Å². The van der Waals surface area contributed by atoms with E-state index in [1.807, 2.05) is 0 Å². The van der Waals surface area contributed by atoms with Crippen LogP contribution in [-0.4, -0.2) is 46.9 Å². The minimum atomic E-state index is -4.71. The van der Waals surface area contributed by atoms with Crippen LogP contribution < -0.4 is 5.32 Å². The van der Waals surface area contributed by atoms with Gasteiger partial charge in [-0.2, -0.15) is 26.3 Å². The summed E-state index contributed by atoms with van der Waals surface area (Å²) in [5.41, 5.74) is 1.88. The van der Waals surface area contributed by atoms with Gasteiger partial charge in [-0.05, 0) is 31.4 Å². The summed E-state index contributed by atoms with van der Waals surface area (Å²) in [5.74, 6) is -6.73. The number of rotatable bonds is 6. The maximum atomic E-state index is 13.4. The molecule has 0 bridgehead atoms. The predicted octanol–water partition coefficient (Wildman–Crippen LogP) is 6.05. The minimum Gasteiger partial charge on any atom is -0.321 e. The first-order chi connectivity index (χ1) is 18.2. The maximum Gasteiger partial charge on any atom is 0.389 e. The van der Waals surface area contributed by atoms with E-state index in [4.69, 9.17) is 11.6 Å². The molecule has 0 aromatic heterocycles. The van der Waals surface area contributed by atoms with Gasteiger partial charge in [-0.15, -0.1) is 0 Å². The Hall–Kier alpha value is -3.41. The van der Waals surface area contributed by atoms with Gasteiger partial charge in [0.25, 0.3) is 5.91 Å². The first-order valence-electron chi connectivity index (χ1n) is 11.9. The van der Waals surface area contributed by atoms with Crippen molar-refractivity contribution in [3.05, 3.63) is 64.2 Å². The molecule has 0 saturated carbocycles. The van der Waals surface area contributed by atoms with Gasteiger partial charge in [0, 0.05) is 24.0 Å². The van der Waals surface area contributed by atoms with Crippen molar-refractivity contribution in [1.82, 2.24) is 4.90 Å². The van der Waals surface area contributed by atoms with Crippen LogP contribution in [0.3, 0.4) is 0 Å². The summed E-state index contributed by atoms with van der Waals surface area (Å²) in [6.07, 6.45) is -16.1. The second-order valence-electron chi connectivity index (χ2n) is 9.39. The fourth-order valence-corrected chi connectivity index (χ4v) is 5.08. The number of benzene rings is 2. The minimum absolute atomic E-state index is 0.118. The number of carbonyl (C=O) groups excluding carboxylic acids is 3. The summed E-state index contributed by atoms with van der Waals surface area (Å²) in [5, 5.41) is 2.65. The van der Waals surface area contributed by atoms with E-state index in [0.717, 1.165) is 0 Å². The zero-order chi connectivity index (χ0) is 28.7. The van der Waals surface area contributed by atoms with E-state index in [9.17, 15) is 40.7 Å². The van der Waals surface area contributed by atoms with E-state index >= 15 is 0 Å². The average Bonchev–Trinajstić information content (AvgIpc) is 2.96. The number of nitrogens with zero attached hydrogens (tertiary/aromatic N) is 2. The number of hydrogen-bond donors (Lipinski definition) is 1. The molecular formula is C26H22ClF6N3O3. The molecule has 1 fully saturated rings. The quantitative estimate of drug-likeness (QED) is 0.338. The summed E-state index contributed by atoms with van der Waals surface area (Å²) >= 11 is 6.32. The lowest BCUT2D eigenvalue weighted by molar-refractivity contribution is -0.147. The van der Waals surface area contributed by atoms with Crippen LogP contribution in [0.25, 0.3) is 0 Å². The zero-order valence-electron chi connectivity index (χ0n) is 20.4. The van der Waals surface area contributed by atoms with Gasteiger partial charge < -0.3 is 5.32 Å². The average molecular weight is 574 g/mol. The smallest absolute Gasteiger partial charge is 0.321 e. The lowest BCUT2D eigenvalue weighted by Crippen LogP contribution is -2.46. The van der Waals surface area contributed by atoms with E-state index in [-0.39, 0.29) is 16.4 Å². The van der Waals surface area contributed by atoms with Crippen LogP contribution in [0, 0.1) is 18.8 Å². The van der Waals surface area contributed by atoms with Crippen molar-refractivity contribution < 1.29 is 40.7 Å². The van der Waals surface area contributed by atoms with Gasteiger partial charge in [-0.1, -0.05) is 48.0 Å². The lowest BCUT2D eigenvalue weighted by atomic mass is 9.87. The molecule has 13 heteroatoms. The Morgan fingerprint density at radius 3 is 1.92 bits per heavy atom. The number of hydrogen-bond acceptors (Lipinski definition) is 4. The first kappa shape index (κ1) is 28.6. The van der Waals surface area contributed by atoms with E-state index in [2.05, 4.69) is 10.3 Å². The molecule has 2 heterocycles. The third kappa shape index (κ3) is 6.10. The van der Waals surface area contributed by atoms with Gasteiger partial charge in [-0.3, -0.25) is 14.4 Å². The molecule has 3 amide bonds. The van der Waals surface area contributed by atoms with Crippen LogP contribution in [0.2, 0.25) is 5.02 Å². The van der Waals surface area contributed by atoms with Crippen LogP contribution in [0.5, 0.6) is 0 Å². The van der Waals surface area contributed by atoms with Crippen molar-refractivity contribution in [2.75, 3.05) is 5.32 Å².